The van der Waals surface area contributed by atoms with Gasteiger partial charge < -0.3 is 10.6 Å². The molecule has 0 heterocycles. The number of hydrogen-bond acceptors (Lipinski definition) is 4. The highest BCUT2D eigenvalue weighted by atomic mass is 32.2. The van der Waals surface area contributed by atoms with E-state index < -0.39 is 21.7 Å². The SMILES string of the molecule is CC(=O)Nc1ccc(S(=O)(=O)N(Cc2ccccc2)c2ccc(F)c(C(=O)NC(C)C)c2)cc1. The molecule has 0 aromatic heterocycles. The summed E-state index contributed by atoms with van der Waals surface area (Å²) < 4.78 is 42.9. The van der Waals surface area contributed by atoms with Gasteiger partial charge in [-0.2, -0.15) is 0 Å². The molecule has 2 amide bonds. The Labute approximate surface area is 198 Å². The van der Waals surface area contributed by atoms with Crippen LogP contribution in [-0.2, 0) is 21.4 Å². The standard InChI is InChI=1S/C25H26FN3O4S/c1-17(2)27-25(31)23-15-21(11-14-24(23)26)29(16-19-7-5-4-6-8-19)34(32,33)22-12-9-20(10-13-22)28-18(3)30/h4-15,17H,16H2,1-3H3,(H,27,31)(H,28,30). The molecule has 0 bridgehead atoms. The molecule has 3 rings (SSSR count). The summed E-state index contributed by atoms with van der Waals surface area (Å²) in [6.07, 6.45) is 0. The lowest BCUT2D eigenvalue weighted by Gasteiger charge is -2.25. The zero-order valence-electron chi connectivity index (χ0n) is 19.1. The molecule has 0 aliphatic rings. The van der Waals surface area contributed by atoms with E-state index in [0.29, 0.717) is 11.3 Å². The lowest BCUT2D eigenvalue weighted by atomic mass is 10.1. The number of benzene rings is 3. The number of anilines is 2. The first-order valence-corrected chi connectivity index (χ1v) is 12.1. The Hall–Kier alpha value is -3.72. The predicted molar refractivity (Wildman–Crippen MR) is 130 cm³/mol. The molecule has 2 N–H and O–H groups in total. The van der Waals surface area contributed by atoms with Gasteiger partial charge in [0, 0.05) is 18.7 Å². The first kappa shape index (κ1) is 24.9. The second-order valence-electron chi connectivity index (χ2n) is 8.00. The molecule has 0 fully saturated rings. The van der Waals surface area contributed by atoms with E-state index in [9.17, 15) is 22.4 Å². The number of carbonyl (C=O) groups is 2. The molecule has 178 valence electrons. The van der Waals surface area contributed by atoms with Crippen LogP contribution >= 0.6 is 0 Å². The highest BCUT2D eigenvalue weighted by molar-refractivity contribution is 7.92. The number of sulfonamides is 1. The third-order valence-corrected chi connectivity index (χ3v) is 6.62. The van der Waals surface area contributed by atoms with Gasteiger partial charge in [0.15, 0.2) is 0 Å². The molecule has 0 unspecified atom stereocenters. The van der Waals surface area contributed by atoms with Gasteiger partial charge in [0.05, 0.1) is 22.7 Å². The molecular weight excluding hydrogens is 457 g/mol. The molecule has 0 aliphatic carbocycles. The molecule has 0 aliphatic heterocycles. The Kier molecular flexibility index (Phi) is 7.68. The average Bonchev–Trinajstić information content (AvgIpc) is 2.78. The lowest BCUT2D eigenvalue weighted by molar-refractivity contribution is -0.114. The van der Waals surface area contributed by atoms with Crippen molar-refractivity contribution in [1.29, 1.82) is 0 Å². The van der Waals surface area contributed by atoms with E-state index in [1.165, 1.54) is 43.3 Å². The lowest BCUT2D eigenvalue weighted by Crippen LogP contribution is -2.33. The number of carbonyl (C=O) groups excluding carboxylic acids is 2. The summed E-state index contributed by atoms with van der Waals surface area (Å²) in [5, 5.41) is 5.22. The summed E-state index contributed by atoms with van der Waals surface area (Å²) in [7, 11) is -4.11. The van der Waals surface area contributed by atoms with Gasteiger partial charge in [-0.05, 0) is 61.9 Å². The van der Waals surface area contributed by atoms with Crippen LogP contribution in [0.4, 0.5) is 15.8 Å². The fourth-order valence-electron chi connectivity index (χ4n) is 3.29. The molecule has 0 atom stereocenters. The summed E-state index contributed by atoms with van der Waals surface area (Å²) in [4.78, 5) is 23.8. The molecule has 3 aromatic rings. The molecule has 7 nitrogen and oxygen atoms in total. The number of rotatable bonds is 8. The second kappa shape index (κ2) is 10.5. The van der Waals surface area contributed by atoms with Crippen LogP contribution in [0, 0.1) is 5.82 Å². The second-order valence-corrected chi connectivity index (χ2v) is 9.86. The van der Waals surface area contributed by atoms with E-state index in [-0.39, 0.29) is 34.6 Å². The van der Waals surface area contributed by atoms with Crippen LogP contribution in [0.2, 0.25) is 0 Å². The maximum Gasteiger partial charge on any atom is 0.264 e. The van der Waals surface area contributed by atoms with E-state index >= 15 is 0 Å². The van der Waals surface area contributed by atoms with E-state index in [2.05, 4.69) is 10.6 Å². The van der Waals surface area contributed by atoms with E-state index in [1.54, 1.807) is 38.1 Å². The third-order valence-electron chi connectivity index (χ3n) is 4.83. The Morgan fingerprint density at radius 1 is 0.971 bits per heavy atom. The van der Waals surface area contributed by atoms with Crippen molar-refractivity contribution in [1.82, 2.24) is 5.32 Å². The van der Waals surface area contributed by atoms with Crippen molar-refractivity contribution in [3.05, 3.63) is 89.7 Å². The van der Waals surface area contributed by atoms with E-state index in [0.717, 1.165) is 10.4 Å². The van der Waals surface area contributed by atoms with Crippen molar-refractivity contribution >= 4 is 33.2 Å². The fraction of sp³-hybridized carbons (Fsp3) is 0.200. The molecule has 0 saturated heterocycles. The average molecular weight is 484 g/mol. The van der Waals surface area contributed by atoms with Gasteiger partial charge in [0.25, 0.3) is 15.9 Å². The summed E-state index contributed by atoms with van der Waals surface area (Å²) in [6, 6.07) is 18.1. The van der Waals surface area contributed by atoms with Crippen molar-refractivity contribution in [3.8, 4) is 0 Å². The first-order valence-electron chi connectivity index (χ1n) is 10.6. The topological polar surface area (TPSA) is 95.6 Å². The van der Waals surface area contributed by atoms with E-state index in [4.69, 9.17) is 0 Å². The van der Waals surface area contributed by atoms with Gasteiger partial charge in [-0.3, -0.25) is 13.9 Å². The van der Waals surface area contributed by atoms with Crippen LogP contribution in [0.15, 0.2) is 77.7 Å². The minimum atomic E-state index is -4.11. The van der Waals surface area contributed by atoms with Crippen molar-refractivity contribution < 1.29 is 22.4 Å². The molecular formula is C25H26FN3O4S. The highest BCUT2D eigenvalue weighted by Crippen LogP contribution is 2.28. The van der Waals surface area contributed by atoms with Crippen molar-refractivity contribution in [3.63, 3.8) is 0 Å². The minimum absolute atomic E-state index is 0.0185. The van der Waals surface area contributed by atoms with Crippen LogP contribution < -0.4 is 14.9 Å². The van der Waals surface area contributed by atoms with Gasteiger partial charge in [-0.15, -0.1) is 0 Å². The van der Waals surface area contributed by atoms with Crippen molar-refractivity contribution in [2.45, 2.75) is 38.3 Å². The van der Waals surface area contributed by atoms with E-state index in [1.807, 2.05) is 6.07 Å². The normalized spacial score (nSPS) is 11.2. The fourth-order valence-corrected chi connectivity index (χ4v) is 4.73. The van der Waals surface area contributed by atoms with Gasteiger partial charge in [0.1, 0.15) is 5.82 Å². The Balaban J connectivity index is 2.07. The maximum absolute atomic E-state index is 14.5. The Morgan fingerprint density at radius 2 is 1.62 bits per heavy atom. The zero-order valence-corrected chi connectivity index (χ0v) is 19.9. The molecule has 34 heavy (non-hydrogen) atoms. The van der Waals surface area contributed by atoms with Crippen LogP contribution in [0.25, 0.3) is 0 Å². The number of hydrogen-bond donors (Lipinski definition) is 2. The Bertz CT molecular complexity index is 1280. The quantitative estimate of drug-likeness (QED) is 0.499. The minimum Gasteiger partial charge on any atom is -0.350 e. The first-order chi connectivity index (χ1) is 16.1. The van der Waals surface area contributed by atoms with Crippen molar-refractivity contribution in [2.75, 3.05) is 9.62 Å². The summed E-state index contributed by atoms with van der Waals surface area (Å²) >= 11 is 0. The van der Waals surface area contributed by atoms with Crippen LogP contribution in [0.5, 0.6) is 0 Å². The monoisotopic (exact) mass is 483 g/mol. The maximum atomic E-state index is 14.5. The van der Waals surface area contributed by atoms with Gasteiger partial charge in [0.2, 0.25) is 5.91 Å². The number of nitrogens with zero attached hydrogens (tertiary/aromatic N) is 1. The molecule has 3 aromatic carbocycles. The third kappa shape index (κ3) is 5.99. The molecule has 0 saturated carbocycles. The van der Waals surface area contributed by atoms with Crippen LogP contribution in [0.1, 0.15) is 36.7 Å². The number of amides is 2. The van der Waals surface area contributed by atoms with Gasteiger partial charge in [-0.1, -0.05) is 30.3 Å². The largest absolute Gasteiger partial charge is 0.350 e. The number of halogens is 1. The summed E-state index contributed by atoms with van der Waals surface area (Å²) in [5.74, 6) is -1.66. The smallest absolute Gasteiger partial charge is 0.264 e. The van der Waals surface area contributed by atoms with Crippen LogP contribution in [-0.4, -0.2) is 26.3 Å². The molecule has 9 heteroatoms. The number of nitrogens with one attached hydrogen (secondary N) is 2. The van der Waals surface area contributed by atoms with Crippen LogP contribution in [0.3, 0.4) is 0 Å². The predicted octanol–water partition coefficient (Wildman–Crippen LogP) is 4.32. The van der Waals surface area contributed by atoms with Gasteiger partial charge in [-0.25, -0.2) is 12.8 Å². The molecule has 0 spiro atoms. The zero-order chi connectivity index (χ0) is 24.9. The molecule has 0 radical (unpaired) electrons. The highest BCUT2D eigenvalue weighted by Gasteiger charge is 2.27. The van der Waals surface area contributed by atoms with Gasteiger partial charge >= 0.3 is 0 Å². The summed E-state index contributed by atoms with van der Waals surface area (Å²) in [6.45, 7) is 4.81. The van der Waals surface area contributed by atoms with Crippen molar-refractivity contribution in [2.24, 2.45) is 0 Å². The summed E-state index contributed by atoms with van der Waals surface area (Å²) in [5.41, 5.74) is 1.06. The Morgan fingerprint density at radius 3 is 2.21 bits per heavy atom.